The van der Waals surface area contributed by atoms with E-state index in [2.05, 4.69) is 9.88 Å². The van der Waals surface area contributed by atoms with Crippen molar-refractivity contribution in [2.75, 3.05) is 37.6 Å². The summed E-state index contributed by atoms with van der Waals surface area (Å²) in [4.78, 5) is 35.2. The summed E-state index contributed by atoms with van der Waals surface area (Å²) in [5.41, 5.74) is 0.797. The average Bonchev–Trinajstić information content (AvgIpc) is 3.23. The zero-order valence-corrected chi connectivity index (χ0v) is 14.8. The first kappa shape index (κ1) is 16.0. The summed E-state index contributed by atoms with van der Waals surface area (Å²) in [6, 6.07) is 0.546. The highest BCUT2D eigenvalue weighted by atomic mass is 32.1. The Morgan fingerprint density at radius 1 is 1.21 bits per heavy atom. The molecule has 0 unspecified atom stereocenters. The maximum atomic E-state index is 12.6. The Hall–Kier alpha value is -1.47. The fourth-order valence-corrected chi connectivity index (χ4v) is 4.87. The van der Waals surface area contributed by atoms with Gasteiger partial charge in [-0.2, -0.15) is 0 Å². The highest BCUT2D eigenvalue weighted by Crippen LogP contribution is 2.26. The van der Waals surface area contributed by atoms with Crippen LogP contribution in [-0.2, 0) is 16.0 Å². The summed E-state index contributed by atoms with van der Waals surface area (Å²) in [5.74, 6) is 0.320. The average molecular weight is 348 g/mol. The molecule has 1 aromatic rings. The summed E-state index contributed by atoms with van der Waals surface area (Å²) >= 11 is 1.47. The first-order valence-corrected chi connectivity index (χ1v) is 9.85. The highest BCUT2D eigenvalue weighted by Gasteiger charge is 2.31. The number of aromatic nitrogens is 1. The number of hydrogen-bond acceptors (Lipinski definition) is 5. The number of piperidine rings is 1. The number of piperazine rings is 1. The Balaban J connectivity index is 1.36. The number of carbonyl (C=O) groups is 2. The number of amides is 2. The van der Waals surface area contributed by atoms with Crippen LogP contribution in [0.2, 0.25) is 0 Å². The van der Waals surface area contributed by atoms with Crippen LogP contribution in [0.1, 0.15) is 37.8 Å². The molecule has 3 saturated heterocycles. The third-order valence-corrected chi connectivity index (χ3v) is 6.28. The minimum atomic E-state index is 0.149. The maximum absolute atomic E-state index is 12.6. The van der Waals surface area contributed by atoms with Crippen LogP contribution in [0.4, 0.5) is 5.13 Å². The van der Waals surface area contributed by atoms with Crippen molar-refractivity contribution in [2.24, 2.45) is 0 Å². The van der Waals surface area contributed by atoms with E-state index >= 15 is 0 Å². The molecule has 0 N–H and O–H groups in total. The Kier molecular flexibility index (Phi) is 4.54. The number of hydrogen-bond donors (Lipinski definition) is 0. The number of anilines is 1. The van der Waals surface area contributed by atoms with Gasteiger partial charge in [-0.25, -0.2) is 4.98 Å². The molecule has 4 heterocycles. The number of thiazole rings is 1. The van der Waals surface area contributed by atoms with Gasteiger partial charge in [0.2, 0.25) is 11.8 Å². The molecular formula is C17H24N4O2S. The smallest absolute Gasteiger partial charge is 0.228 e. The van der Waals surface area contributed by atoms with E-state index < -0.39 is 0 Å². The standard InChI is InChI=1S/C17H24N4O2S/c22-15-5-3-7-21(15)17-18-13(12-24-17)10-16(23)20-9-8-19-6-2-1-4-14(19)11-20/h12,14H,1-11H2/t14-/m1/s1. The molecule has 130 valence electrons. The van der Waals surface area contributed by atoms with Gasteiger partial charge in [0.15, 0.2) is 5.13 Å². The normalized spacial score (nSPS) is 25.2. The van der Waals surface area contributed by atoms with Crippen molar-refractivity contribution in [3.05, 3.63) is 11.1 Å². The number of fused-ring (bicyclic) bond motifs is 1. The molecule has 4 rings (SSSR count). The van der Waals surface area contributed by atoms with E-state index in [0.29, 0.717) is 18.9 Å². The van der Waals surface area contributed by atoms with Gasteiger partial charge >= 0.3 is 0 Å². The molecule has 7 heteroatoms. The van der Waals surface area contributed by atoms with E-state index in [1.165, 1.54) is 37.1 Å². The Bertz CT molecular complexity index is 632. The van der Waals surface area contributed by atoms with Crippen LogP contribution in [0.5, 0.6) is 0 Å². The van der Waals surface area contributed by atoms with Gasteiger partial charge in [0.25, 0.3) is 0 Å². The van der Waals surface area contributed by atoms with Gasteiger partial charge in [-0.15, -0.1) is 11.3 Å². The summed E-state index contributed by atoms with van der Waals surface area (Å²) < 4.78 is 0. The minimum absolute atomic E-state index is 0.149. The van der Waals surface area contributed by atoms with Crippen LogP contribution in [-0.4, -0.2) is 65.4 Å². The lowest BCUT2D eigenvalue weighted by Gasteiger charge is -2.44. The van der Waals surface area contributed by atoms with E-state index in [4.69, 9.17) is 0 Å². The summed E-state index contributed by atoms with van der Waals surface area (Å²) in [7, 11) is 0. The molecule has 0 aliphatic carbocycles. The zero-order valence-electron chi connectivity index (χ0n) is 13.9. The van der Waals surface area contributed by atoms with E-state index in [1.54, 1.807) is 4.90 Å². The minimum Gasteiger partial charge on any atom is -0.340 e. The molecule has 6 nitrogen and oxygen atoms in total. The molecule has 3 fully saturated rings. The molecule has 3 aliphatic rings. The fourth-order valence-electron chi connectivity index (χ4n) is 4.00. The largest absolute Gasteiger partial charge is 0.340 e. The van der Waals surface area contributed by atoms with E-state index in [-0.39, 0.29) is 11.8 Å². The topological polar surface area (TPSA) is 56.8 Å². The van der Waals surface area contributed by atoms with Crippen LogP contribution in [0.15, 0.2) is 5.38 Å². The lowest BCUT2D eigenvalue weighted by molar-refractivity contribution is -0.134. The number of carbonyl (C=O) groups excluding carboxylic acids is 2. The molecule has 0 bridgehead atoms. The third kappa shape index (κ3) is 3.19. The first-order valence-electron chi connectivity index (χ1n) is 8.97. The molecular weight excluding hydrogens is 324 g/mol. The Labute approximate surface area is 146 Å². The van der Waals surface area contributed by atoms with Crippen molar-refractivity contribution >= 4 is 28.3 Å². The fraction of sp³-hybridized carbons (Fsp3) is 0.706. The second kappa shape index (κ2) is 6.80. The highest BCUT2D eigenvalue weighted by molar-refractivity contribution is 7.14. The van der Waals surface area contributed by atoms with Gasteiger partial charge in [-0.05, 0) is 25.8 Å². The summed E-state index contributed by atoms with van der Waals surface area (Å²) in [6.07, 6.45) is 5.65. The van der Waals surface area contributed by atoms with Crippen LogP contribution >= 0.6 is 11.3 Å². The van der Waals surface area contributed by atoms with E-state index in [0.717, 1.165) is 43.4 Å². The van der Waals surface area contributed by atoms with Gasteiger partial charge in [0.05, 0.1) is 12.1 Å². The molecule has 1 aromatic heterocycles. The van der Waals surface area contributed by atoms with Crippen molar-refractivity contribution in [1.82, 2.24) is 14.8 Å². The molecule has 3 aliphatic heterocycles. The van der Waals surface area contributed by atoms with Gasteiger partial charge in [-0.1, -0.05) is 6.42 Å². The van der Waals surface area contributed by atoms with Crippen LogP contribution in [0, 0.1) is 0 Å². The molecule has 24 heavy (non-hydrogen) atoms. The van der Waals surface area contributed by atoms with Crippen molar-refractivity contribution in [2.45, 2.75) is 44.6 Å². The molecule has 1 atom stereocenters. The van der Waals surface area contributed by atoms with E-state index in [9.17, 15) is 9.59 Å². The molecule has 0 spiro atoms. The van der Waals surface area contributed by atoms with Crippen LogP contribution in [0.25, 0.3) is 0 Å². The molecule has 0 saturated carbocycles. The molecule has 2 amide bonds. The third-order valence-electron chi connectivity index (χ3n) is 5.37. The first-order chi connectivity index (χ1) is 11.7. The SMILES string of the molecule is O=C(Cc1csc(N2CCCC2=O)n1)N1CCN2CCCC[C@@H]2C1. The maximum Gasteiger partial charge on any atom is 0.228 e. The van der Waals surface area contributed by atoms with Gasteiger partial charge in [0, 0.05) is 44.0 Å². The lowest BCUT2D eigenvalue weighted by atomic mass is 9.99. The monoisotopic (exact) mass is 348 g/mol. The van der Waals surface area contributed by atoms with Gasteiger partial charge < -0.3 is 4.90 Å². The summed E-state index contributed by atoms with van der Waals surface area (Å²) in [6.45, 7) is 4.63. The number of rotatable bonds is 3. The second-order valence-electron chi connectivity index (χ2n) is 6.97. The van der Waals surface area contributed by atoms with Crippen LogP contribution in [0.3, 0.4) is 0 Å². The second-order valence-corrected chi connectivity index (χ2v) is 7.81. The van der Waals surface area contributed by atoms with Crippen molar-refractivity contribution < 1.29 is 9.59 Å². The van der Waals surface area contributed by atoms with Crippen molar-refractivity contribution in [3.63, 3.8) is 0 Å². The Morgan fingerprint density at radius 2 is 2.12 bits per heavy atom. The van der Waals surface area contributed by atoms with Crippen molar-refractivity contribution in [3.8, 4) is 0 Å². The van der Waals surface area contributed by atoms with Gasteiger partial charge in [-0.3, -0.25) is 19.4 Å². The molecule has 0 aromatic carbocycles. The van der Waals surface area contributed by atoms with Gasteiger partial charge in [0.1, 0.15) is 0 Å². The predicted octanol–water partition coefficient (Wildman–Crippen LogP) is 1.51. The Morgan fingerprint density at radius 3 is 2.96 bits per heavy atom. The predicted molar refractivity (Wildman–Crippen MR) is 93.2 cm³/mol. The van der Waals surface area contributed by atoms with E-state index in [1.807, 2.05) is 10.3 Å². The summed E-state index contributed by atoms with van der Waals surface area (Å²) in [5, 5.41) is 2.67. The lowest BCUT2D eigenvalue weighted by Crippen LogP contribution is -2.56. The zero-order chi connectivity index (χ0) is 16.5. The van der Waals surface area contributed by atoms with Crippen LogP contribution < -0.4 is 4.90 Å². The molecule has 0 radical (unpaired) electrons. The quantitative estimate of drug-likeness (QED) is 0.831. The number of nitrogens with zero attached hydrogens (tertiary/aromatic N) is 4. The van der Waals surface area contributed by atoms with Crippen molar-refractivity contribution in [1.29, 1.82) is 0 Å².